The average Bonchev–Trinajstić information content (AvgIpc) is 2.85. The molecule has 1 fully saturated rings. The first kappa shape index (κ1) is 13.1. The van der Waals surface area contributed by atoms with Gasteiger partial charge < -0.3 is 15.5 Å². The molecule has 100 valence electrons. The molecule has 0 aliphatic carbocycles. The Hall–Kier alpha value is -1.29. The molecule has 4 nitrogen and oxygen atoms in total. The summed E-state index contributed by atoms with van der Waals surface area (Å²) < 4.78 is 0. The number of pyridine rings is 1. The third-order valence-corrected chi connectivity index (χ3v) is 3.40. The summed E-state index contributed by atoms with van der Waals surface area (Å²) >= 11 is 0. The van der Waals surface area contributed by atoms with E-state index >= 15 is 0 Å². The molecule has 2 heterocycles. The van der Waals surface area contributed by atoms with Gasteiger partial charge in [0, 0.05) is 43.6 Å². The minimum atomic E-state index is 0.616. The van der Waals surface area contributed by atoms with Gasteiger partial charge in [0.2, 0.25) is 0 Å². The zero-order chi connectivity index (χ0) is 13.0. The van der Waals surface area contributed by atoms with Crippen molar-refractivity contribution in [1.29, 1.82) is 0 Å². The second kappa shape index (κ2) is 6.05. The van der Waals surface area contributed by atoms with Crippen LogP contribution in [0.3, 0.4) is 0 Å². The van der Waals surface area contributed by atoms with Crippen LogP contribution < -0.4 is 15.5 Å². The van der Waals surface area contributed by atoms with Crippen molar-refractivity contribution in [2.75, 3.05) is 36.9 Å². The van der Waals surface area contributed by atoms with Crippen LogP contribution in [0.25, 0.3) is 0 Å². The van der Waals surface area contributed by atoms with E-state index in [4.69, 9.17) is 0 Å². The molecule has 0 aromatic carbocycles. The highest BCUT2D eigenvalue weighted by atomic mass is 15.2. The Morgan fingerprint density at radius 2 is 2.33 bits per heavy atom. The van der Waals surface area contributed by atoms with Gasteiger partial charge in [0.1, 0.15) is 5.82 Å². The van der Waals surface area contributed by atoms with Gasteiger partial charge in [0.05, 0.1) is 0 Å². The minimum absolute atomic E-state index is 0.616. The van der Waals surface area contributed by atoms with E-state index in [1.807, 2.05) is 13.2 Å². The van der Waals surface area contributed by atoms with Crippen molar-refractivity contribution < 1.29 is 0 Å². The molecule has 18 heavy (non-hydrogen) atoms. The van der Waals surface area contributed by atoms with Crippen LogP contribution in [-0.2, 0) is 0 Å². The van der Waals surface area contributed by atoms with Crippen LogP contribution in [0.5, 0.6) is 0 Å². The highest BCUT2D eigenvalue weighted by Crippen LogP contribution is 2.22. The molecular formula is C14H24N4. The van der Waals surface area contributed by atoms with Gasteiger partial charge in [-0.1, -0.05) is 13.8 Å². The van der Waals surface area contributed by atoms with E-state index < -0.39 is 0 Å². The molecule has 0 amide bonds. The van der Waals surface area contributed by atoms with E-state index in [9.17, 15) is 0 Å². The summed E-state index contributed by atoms with van der Waals surface area (Å²) in [5, 5.41) is 6.73. The molecule has 1 aromatic rings. The Balaban J connectivity index is 1.99. The first-order valence-electron chi connectivity index (χ1n) is 6.81. The van der Waals surface area contributed by atoms with E-state index in [1.54, 1.807) is 0 Å². The van der Waals surface area contributed by atoms with Crippen LogP contribution in [-0.4, -0.2) is 37.7 Å². The van der Waals surface area contributed by atoms with Crippen LogP contribution in [0.2, 0.25) is 0 Å². The van der Waals surface area contributed by atoms with Gasteiger partial charge in [0.15, 0.2) is 0 Å². The summed E-state index contributed by atoms with van der Waals surface area (Å²) in [6.45, 7) is 7.59. The maximum absolute atomic E-state index is 4.37. The van der Waals surface area contributed by atoms with E-state index in [0.717, 1.165) is 25.5 Å². The molecule has 1 aliphatic heterocycles. The number of rotatable bonds is 5. The fraction of sp³-hybridized carbons (Fsp3) is 0.643. The van der Waals surface area contributed by atoms with Gasteiger partial charge in [-0.2, -0.15) is 0 Å². The minimum Gasteiger partial charge on any atom is -0.370 e. The summed E-state index contributed by atoms with van der Waals surface area (Å²) in [7, 11) is 2.04. The Bertz CT molecular complexity index is 378. The molecule has 1 saturated heterocycles. The Labute approximate surface area is 110 Å². The quantitative estimate of drug-likeness (QED) is 0.835. The molecular weight excluding hydrogens is 224 g/mol. The predicted molar refractivity (Wildman–Crippen MR) is 77.2 cm³/mol. The maximum Gasteiger partial charge on any atom is 0.127 e. The normalized spacial score (nSPS) is 19.6. The summed E-state index contributed by atoms with van der Waals surface area (Å²) in [6, 6.07) is 4.86. The number of anilines is 2. The van der Waals surface area contributed by atoms with Crippen molar-refractivity contribution in [2.45, 2.75) is 26.3 Å². The Kier molecular flexibility index (Phi) is 4.42. The van der Waals surface area contributed by atoms with Crippen molar-refractivity contribution in [3.05, 3.63) is 18.3 Å². The number of hydrogen-bond donors (Lipinski definition) is 2. The standard InChI is InChI=1S/C14H24N4/c1-11(2)9-17-14-8-13(4-6-16-14)18-7-5-12(10-18)15-3/h4,6,8,11-12,15H,5,7,9-10H2,1-3H3,(H,16,17)/t12-/m1/s1. The van der Waals surface area contributed by atoms with E-state index in [0.29, 0.717) is 12.0 Å². The molecule has 4 heteroatoms. The van der Waals surface area contributed by atoms with Crippen molar-refractivity contribution in [3.8, 4) is 0 Å². The topological polar surface area (TPSA) is 40.2 Å². The first-order chi connectivity index (χ1) is 8.69. The second-order valence-corrected chi connectivity index (χ2v) is 5.39. The van der Waals surface area contributed by atoms with E-state index in [1.165, 1.54) is 12.1 Å². The molecule has 0 bridgehead atoms. The lowest BCUT2D eigenvalue weighted by Gasteiger charge is -2.19. The lowest BCUT2D eigenvalue weighted by molar-refractivity contribution is 0.617. The lowest BCUT2D eigenvalue weighted by Crippen LogP contribution is -2.29. The summed E-state index contributed by atoms with van der Waals surface area (Å²) in [5.41, 5.74) is 1.27. The lowest BCUT2D eigenvalue weighted by atomic mass is 10.2. The fourth-order valence-corrected chi connectivity index (χ4v) is 2.25. The van der Waals surface area contributed by atoms with Gasteiger partial charge in [-0.15, -0.1) is 0 Å². The molecule has 0 saturated carbocycles. The van der Waals surface area contributed by atoms with Gasteiger partial charge in [0.25, 0.3) is 0 Å². The smallest absolute Gasteiger partial charge is 0.127 e. The van der Waals surface area contributed by atoms with Crippen LogP contribution >= 0.6 is 0 Å². The highest BCUT2D eigenvalue weighted by molar-refractivity contribution is 5.54. The molecule has 0 spiro atoms. The van der Waals surface area contributed by atoms with Crippen LogP contribution in [0.1, 0.15) is 20.3 Å². The van der Waals surface area contributed by atoms with Crippen LogP contribution in [0.15, 0.2) is 18.3 Å². The van der Waals surface area contributed by atoms with Gasteiger partial charge in [-0.25, -0.2) is 4.98 Å². The molecule has 1 atom stereocenters. The largest absolute Gasteiger partial charge is 0.370 e. The molecule has 1 aliphatic rings. The van der Waals surface area contributed by atoms with Crippen molar-refractivity contribution in [1.82, 2.24) is 10.3 Å². The molecule has 1 aromatic heterocycles. The van der Waals surface area contributed by atoms with Gasteiger partial charge in [-0.05, 0) is 25.5 Å². The summed E-state index contributed by atoms with van der Waals surface area (Å²) in [5.74, 6) is 1.62. The molecule has 0 unspecified atom stereocenters. The number of nitrogens with zero attached hydrogens (tertiary/aromatic N) is 2. The third-order valence-electron chi connectivity index (χ3n) is 3.40. The summed E-state index contributed by atoms with van der Waals surface area (Å²) in [6.07, 6.45) is 3.11. The zero-order valence-electron chi connectivity index (χ0n) is 11.6. The Morgan fingerprint density at radius 3 is 3.00 bits per heavy atom. The zero-order valence-corrected chi connectivity index (χ0v) is 11.6. The molecule has 2 rings (SSSR count). The SMILES string of the molecule is CN[C@@H]1CCN(c2ccnc(NCC(C)C)c2)C1. The van der Waals surface area contributed by atoms with Gasteiger partial charge in [-0.3, -0.25) is 0 Å². The predicted octanol–water partition coefficient (Wildman–Crippen LogP) is 1.95. The van der Waals surface area contributed by atoms with E-state index in [2.05, 4.69) is 46.5 Å². The fourth-order valence-electron chi connectivity index (χ4n) is 2.25. The monoisotopic (exact) mass is 248 g/mol. The first-order valence-corrected chi connectivity index (χ1v) is 6.81. The highest BCUT2D eigenvalue weighted by Gasteiger charge is 2.21. The number of aromatic nitrogens is 1. The third kappa shape index (κ3) is 3.35. The summed E-state index contributed by atoms with van der Waals surface area (Å²) in [4.78, 5) is 6.79. The van der Waals surface area contributed by atoms with Crippen LogP contribution in [0.4, 0.5) is 11.5 Å². The molecule has 0 radical (unpaired) electrons. The molecule has 2 N–H and O–H groups in total. The average molecular weight is 248 g/mol. The van der Waals surface area contributed by atoms with E-state index in [-0.39, 0.29) is 0 Å². The van der Waals surface area contributed by atoms with Crippen molar-refractivity contribution in [2.24, 2.45) is 5.92 Å². The number of likely N-dealkylation sites (N-methyl/N-ethyl adjacent to an activating group) is 1. The van der Waals surface area contributed by atoms with Crippen molar-refractivity contribution in [3.63, 3.8) is 0 Å². The van der Waals surface area contributed by atoms with Crippen molar-refractivity contribution >= 4 is 11.5 Å². The number of nitrogens with one attached hydrogen (secondary N) is 2. The van der Waals surface area contributed by atoms with Crippen LogP contribution in [0, 0.1) is 5.92 Å². The second-order valence-electron chi connectivity index (χ2n) is 5.39. The Morgan fingerprint density at radius 1 is 1.50 bits per heavy atom. The maximum atomic E-state index is 4.37. The number of hydrogen-bond acceptors (Lipinski definition) is 4. The van der Waals surface area contributed by atoms with Gasteiger partial charge >= 0.3 is 0 Å².